The second-order valence-electron chi connectivity index (χ2n) is 4.86. The molecule has 0 aliphatic rings. The van der Waals surface area contributed by atoms with Gasteiger partial charge in [-0.3, -0.25) is 0 Å². The van der Waals surface area contributed by atoms with E-state index in [1.807, 2.05) is 24.3 Å². The second kappa shape index (κ2) is 7.43. The molecule has 0 aliphatic heterocycles. The first-order chi connectivity index (χ1) is 10.2. The molecule has 0 aliphatic carbocycles. The number of rotatable bonds is 7. The van der Waals surface area contributed by atoms with Crippen molar-refractivity contribution in [1.29, 1.82) is 0 Å². The molecule has 0 saturated heterocycles. The quantitative estimate of drug-likeness (QED) is 0.770. The van der Waals surface area contributed by atoms with Gasteiger partial charge in [0.25, 0.3) is 0 Å². The number of carbonyl (C=O) groups is 1. The first-order valence-electron chi connectivity index (χ1n) is 7.16. The molecule has 0 spiro atoms. The van der Waals surface area contributed by atoms with E-state index in [0.717, 1.165) is 6.42 Å². The third-order valence-electron chi connectivity index (χ3n) is 3.21. The summed E-state index contributed by atoms with van der Waals surface area (Å²) in [7, 11) is 0. The summed E-state index contributed by atoms with van der Waals surface area (Å²) < 4.78 is 5.56. The van der Waals surface area contributed by atoms with E-state index in [1.165, 1.54) is 37.1 Å². The van der Waals surface area contributed by atoms with E-state index in [0.29, 0.717) is 5.75 Å². The number of aromatic nitrogens is 1. The summed E-state index contributed by atoms with van der Waals surface area (Å²) in [5.41, 5.74) is 1.32. The van der Waals surface area contributed by atoms with Gasteiger partial charge in [-0.05, 0) is 42.7 Å². The van der Waals surface area contributed by atoms with Gasteiger partial charge in [0.05, 0.1) is 0 Å². The van der Waals surface area contributed by atoms with Crippen molar-refractivity contribution < 1.29 is 14.6 Å². The van der Waals surface area contributed by atoms with Gasteiger partial charge in [0.2, 0.25) is 5.88 Å². The third-order valence-corrected chi connectivity index (χ3v) is 3.21. The van der Waals surface area contributed by atoms with E-state index in [-0.39, 0.29) is 11.4 Å². The molecule has 0 radical (unpaired) electrons. The van der Waals surface area contributed by atoms with Crippen LogP contribution in [0.5, 0.6) is 11.6 Å². The van der Waals surface area contributed by atoms with E-state index >= 15 is 0 Å². The molecule has 4 heteroatoms. The van der Waals surface area contributed by atoms with Crippen LogP contribution in [0.3, 0.4) is 0 Å². The maximum atomic E-state index is 11.1. The summed E-state index contributed by atoms with van der Waals surface area (Å²) in [5, 5.41) is 9.09. The smallest absolute Gasteiger partial charge is 0.341 e. The van der Waals surface area contributed by atoms with E-state index in [4.69, 9.17) is 9.84 Å². The predicted octanol–water partition coefficient (Wildman–Crippen LogP) is 4.30. The number of hydrogen-bond donors (Lipinski definition) is 1. The van der Waals surface area contributed by atoms with Crippen LogP contribution in [-0.2, 0) is 6.42 Å². The Morgan fingerprint density at radius 1 is 1.19 bits per heavy atom. The Morgan fingerprint density at radius 2 is 1.95 bits per heavy atom. The van der Waals surface area contributed by atoms with Crippen molar-refractivity contribution in [2.75, 3.05) is 0 Å². The van der Waals surface area contributed by atoms with Crippen LogP contribution in [0.1, 0.15) is 42.1 Å². The standard InChI is InChI=1S/C17H19NO3/c1-2-3-4-6-13-8-10-14(11-9-13)21-16-15(17(19)20)7-5-12-18-16/h5,7-12H,2-4,6H2,1H3,(H,19,20). The number of carboxylic acid groups (broad SMARTS) is 1. The van der Waals surface area contributed by atoms with Crippen molar-refractivity contribution in [1.82, 2.24) is 4.98 Å². The first-order valence-corrected chi connectivity index (χ1v) is 7.16. The van der Waals surface area contributed by atoms with E-state index in [2.05, 4.69) is 11.9 Å². The number of nitrogens with zero attached hydrogens (tertiary/aromatic N) is 1. The maximum Gasteiger partial charge on any atom is 0.341 e. The Hall–Kier alpha value is -2.36. The minimum atomic E-state index is -1.05. The Balaban J connectivity index is 2.05. The highest BCUT2D eigenvalue weighted by molar-refractivity contribution is 5.90. The molecule has 1 heterocycles. The van der Waals surface area contributed by atoms with Crippen LogP contribution in [0.2, 0.25) is 0 Å². The Kier molecular flexibility index (Phi) is 5.32. The molecule has 0 unspecified atom stereocenters. The van der Waals surface area contributed by atoms with E-state index in [1.54, 1.807) is 6.07 Å². The molecule has 0 fully saturated rings. The van der Waals surface area contributed by atoms with Gasteiger partial charge in [-0.2, -0.15) is 0 Å². The zero-order valence-electron chi connectivity index (χ0n) is 12.1. The Labute approximate surface area is 124 Å². The highest BCUT2D eigenvalue weighted by atomic mass is 16.5. The van der Waals surface area contributed by atoms with E-state index < -0.39 is 5.97 Å². The molecule has 4 nitrogen and oxygen atoms in total. The van der Waals surface area contributed by atoms with Crippen molar-refractivity contribution in [3.63, 3.8) is 0 Å². The molecule has 1 aromatic heterocycles. The lowest BCUT2D eigenvalue weighted by Gasteiger charge is -2.08. The summed E-state index contributed by atoms with van der Waals surface area (Å²) in [5.74, 6) is -0.339. The SMILES string of the molecule is CCCCCc1ccc(Oc2ncccc2C(=O)O)cc1. The van der Waals surface area contributed by atoms with Crippen LogP contribution in [0.15, 0.2) is 42.6 Å². The number of pyridine rings is 1. The highest BCUT2D eigenvalue weighted by Crippen LogP contribution is 2.23. The largest absolute Gasteiger partial charge is 0.477 e. The van der Waals surface area contributed by atoms with Crippen LogP contribution >= 0.6 is 0 Å². The molecular formula is C17H19NO3. The molecule has 1 N–H and O–H groups in total. The van der Waals surface area contributed by atoms with Crippen LogP contribution in [-0.4, -0.2) is 16.1 Å². The maximum absolute atomic E-state index is 11.1. The van der Waals surface area contributed by atoms with Crippen LogP contribution in [0.25, 0.3) is 0 Å². The number of unbranched alkanes of at least 4 members (excludes halogenated alkanes) is 2. The number of ether oxygens (including phenoxy) is 1. The molecule has 0 saturated carbocycles. The van der Waals surface area contributed by atoms with Gasteiger partial charge in [0.15, 0.2) is 0 Å². The molecule has 1 aromatic carbocycles. The van der Waals surface area contributed by atoms with Crippen molar-refractivity contribution in [3.8, 4) is 11.6 Å². The summed E-state index contributed by atoms with van der Waals surface area (Å²) in [6.07, 6.45) is 6.19. The zero-order valence-corrected chi connectivity index (χ0v) is 12.1. The van der Waals surface area contributed by atoms with Gasteiger partial charge in [-0.25, -0.2) is 9.78 Å². The topological polar surface area (TPSA) is 59.4 Å². The Morgan fingerprint density at radius 3 is 2.62 bits per heavy atom. The average Bonchev–Trinajstić information content (AvgIpc) is 2.50. The minimum absolute atomic E-state index is 0.0597. The number of aryl methyl sites for hydroxylation is 1. The van der Waals surface area contributed by atoms with Gasteiger partial charge in [-0.1, -0.05) is 31.9 Å². The third kappa shape index (κ3) is 4.31. The van der Waals surface area contributed by atoms with Crippen LogP contribution in [0, 0.1) is 0 Å². The number of benzene rings is 1. The fourth-order valence-corrected chi connectivity index (χ4v) is 2.05. The second-order valence-corrected chi connectivity index (χ2v) is 4.86. The summed E-state index contributed by atoms with van der Waals surface area (Å²) in [6.45, 7) is 2.18. The molecular weight excluding hydrogens is 266 g/mol. The van der Waals surface area contributed by atoms with Gasteiger partial charge in [-0.15, -0.1) is 0 Å². The predicted molar refractivity (Wildman–Crippen MR) is 80.9 cm³/mol. The van der Waals surface area contributed by atoms with Gasteiger partial charge < -0.3 is 9.84 Å². The van der Waals surface area contributed by atoms with Crippen molar-refractivity contribution in [3.05, 3.63) is 53.7 Å². The summed E-state index contributed by atoms with van der Waals surface area (Å²) in [4.78, 5) is 15.1. The fourth-order valence-electron chi connectivity index (χ4n) is 2.05. The highest BCUT2D eigenvalue weighted by Gasteiger charge is 2.12. The van der Waals surface area contributed by atoms with Gasteiger partial charge in [0, 0.05) is 6.20 Å². The van der Waals surface area contributed by atoms with Crippen LogP contribution in [0.4, 0.5) is 0 Å². The lowest BCUT2D eigenvalue weighted by atomic mass is 10.1. The van der Waals surface area contributed by atoms with Gasteiger partial charge in [0.1, 0.15) is 11.3 Å². The molecule has 21 heavy (non-hydrogen) atoms. The monoisotopic (exact) mass is 285 g/mol. The lowest BCUT2D eigenvalue weighted by Crippen LogP contribution is -2.01. The minimum Gasteiger partial charge on any atom is -0.477 e. The number of hydrogen-bond acceptors (Lipinski definition) is 3. The average molecular weight is 285 g/mol. The van der Waals surface area contributed by atoms with Crippen LogP contribution < -0.4 is 4.74 Å². The molecule has 110 valence electrons. The molecule has 0 amide bonds. The lowest BCUT2D eigenvalue weighted by molar-refractivity contribution is 0.0693. The van der Waals surface area contributed by atoms with Crippen molar-refractivity contribution in [2.24, 2.45) is 0 Å². The van der Waals surface area contributed by atoms with E-state index in [9.17, 15) is 4.79 Å². The number of carboxylic acids is 1. The fraction of sp³-hybridized carbons (Fsp3) is 0.294. The molecule has 0 bridgehead atoms. The van der Waals surface area contributed by atoms with Crippen molar-refractivity contribution in [2.45, 2.75) is 32.6 Å². The Bertz CT molecular complexity index is 593. The van der Waals surface area contributed by atoms with Gasteiger partial charge >= 0.3 is 5.97 Å². The normalized spacial score (nSPS) is 10.3. The van der Waals surface area contributed by atoms with Crippen molar-refractivity contribution >= 4 is 5.97 Å². The zero-order chi connectivity index (χ0) is 15.1. The molecule has 0 atom stereocenters. The summed E-state index contributed by atoms with van der Waals surface area (Å²) in [6, 6.07) is 10.8. The summed E-state index contributed by atoms with van der Waals surface area (Å²) >= 11 is 0. The first kappa shape index (κ1) is 15.0. The molecule has 2 aromatic rings. The number of aromatic carboxylic acids is 1. The molecule has 2 rings (SSSR count).